The van der Waals surface area contributed by atoms with Gasteiger partial charge in [0.25, 0.3) is 0 Å². The van der Waals surface area contributed by atoms with E-state index in [-0.39, 0.29) is 23.9 Å². The molecule has 146 valence electrons. The minimum Gasteiger partial charge on any atom is -0.340 e. The van der Waals surface area contributed by atoms with Gasteiger partial charge in [0.1, 0.15) is 0 Å². The summed E-state index contributed by atoms with van der Waals surface area (Å²) in [7, 11) is 0. The van der Waals surface area contributed by atoms with Crippen molar-refractivity contribution in [1.82, 2.24) is 20.4 Å². The van der Waals surface area contributed by atoms with E-state index in [4.69, 9.17) is 0 Å². The number of nitrogens with one attached hydrogen (secondary N) is 2. The Kier molecular flexibility index (Phi) is 6.51. The lowest BCUT2D eigenvalue weighted by Crippen LogP contribution is -2.56. The molecule has 26 heavy (non-hydrogen) atoms. The summed E-state index contributed by atoms with van der Waals surface area (Å²) < 4.78 is 0. The van der Waals surface area contributed by atoms with Crippen LogP contribution in [0.25, 0.3) is 0 Å². The molecule has 1 atom stereocenters. The molecule has 2 aliphatic carbocycles. The second-order valence-corrected chi connectivity index (χ2v) is 8.02. The van der Waals surface area contributed by atoms with Crippen molar-refractivity contribution in [3.8, 4) is 0 Å². The highest BCUT2D eigenvalue weighted by Gasteiger charge is 2.30. The fourth-order valence-corrected chi connectivity index (χ4v) is 3.97. The first-order valence-electron chi connectivity index (χ1n) is 10.2. The number of nitrogens with zero attached hydrogens (tertiary/aromatic N) is 2. The van der Waals surface area contributed by atoms with Crippen LogP contribution in [0.4, 0.5) is 4.79 Å². The molecule has 7 heteroatoms. The third-order valence-electron chi connectivity index (χ3n) is 5.98. The van der Waals surface area contributed by atoms with Gasteiger partial charge in [0.05, 0.1) is 6.04 Å². The highest BCUT2D eigenvalue weighted by atomic mass is 16.2. The number of imide groups is 1. The zero-order valence-electron chi connectivity index (χ0n) is 15.8. The van der Waals surface area contributed by atoms with Crippen LogP contribution in [-0.2, 0) is 9.59 Å². The van der Waals surface area contributed by atoms with Crippen LogP contribution in [0, 0.1) is 5.92 Å². The van der Waals surface area contributed by atoms with Gasteiger partial charge in [-0.3, -0.25) is 19.8 Å². The molecule has 7 nitrogen and oxygen atoms in total. The number of hydrogen-bond donors (Lipinski definition) is 2. The fourth-order valence-electron chi connectivity index (χ4n) is 3.97. The number of hydrogen-bond acceptors (Lipinski definition) is 4. The molecule has 0 spiro atoms. The molecule has 3 fully saturated rings. The molecule has 3 rings (SSSR count). The van der Waals surface area contributed by atoms with Crippen LogP contribution >= 0.6 is 0 Å². The lowest BCUT2D eigenvalue weighted by Gasteiger charge is -2.37. The molecule has 1 aliphatic heterocycles. The molecule has 0 radical (unpaired) electrons. The maximum atomic E-state index is 12.4. The molecule has 0 aromatic carbocycles. The van der Waals surface area contributed by atoms with Crippen LogP contribution in [0.1, 0.15) is 58.3 Å². The zero-order valence-corrected chi connectivity index (χ0v) is 15.8. The Labute approximate surface area is 155 Å². The van der Waals surface area contributed by atoms with Gasteiger partial charge >= 0.3 is 6.03 Å². The molecule has 3 aliphatic rings. The van der Waals surface area contributed by atoms with E-state index in [1.54, 1.807) is 0 Å². The standard InChI is InChI=1S/C19H32N4O3/c1-14(18(25)21-19(26)20-16-7-8-16)22-10-12-23(13-11-22)17(24)9-6-15-4-2-3-5-15/h14-16H,2-13H2,1H3,(H2,20,21,25,26). The SMILES string of the molecule is CC(C(=O)NC(=O)NC1CC1)N1CCN(C(=O)CCC2CCCC2)CC1. The van der Waals surface area contributed by atoms with Gasteiger partial charge < -0.3 is 10.2 Å². The maximum absolute atomic E-state index is 12.4. The van der Waals surface area contributed by atoms with Gasteiger partial charge in [-0.1, -0.05) is 25.7 Å². The summed E-state index contributed by atoms with van der Waals surface area (Å²) in [5, 5.41) is 5.18. The summed E-state index contributed by atoms with van der Waals surface area (Å²) >= 11 is 0. The normalized spacial score (nSPS) is 22.9. The van der Waals surface area contributed by atoms with E-state index in [0.29, 0.717) is 32.6 Å². The van der Waals surface area contributed by atoms with Crippen LogP contribution < -0.4 is 10.6 Å². The number of carbonyl (C=O) groups is 3. The molecule has 0 aromatic heterocycles. The molecule has 1 unspecified atom stereocenters. The zero-order chi connectivity index (χ0) is 18.5. The van der Waals surface area contributed by atoms with Crippen molar-refractivity contribution in [3.05, 3.63) is 0 Å². The molecular formula is C19H32N4O3. The number of rotatable bonds is 6. The van der Waals surface area contributed by atoms with Gasteiger partial charge in [-0.05, 0) is 32.1 Å². The number of urea groups is 1. The van der Waals surface area contributed by atoms with Crippen LogP contribution in [0.2, 0.25) is 0 Å². The van der Waals surface area contributed by atoms with Crippen molar-refractivity contribution in [1.29, 1.82) is 0 Å². The van der Waals surface area contributed by atoms with Gasteiger partial charge in [0.15, 0.2) is 0 Å². The summed E-state index contributed by atoms with van der Waals surface area (Å²) in [6.07, 6.45) is 8.86. The molecule has 1 heterocycles. The monoisotopic (exact) mass is 364 g/mol. The Morgan fingerprint density at radius 1 is 1.00 bits per heavy atom. The van der Waals surface area contributed by atoms with Crippen molar-refractivity contribution >= 4 is 17.8 Å². The lowest BCUT2D eigenvalue weighted by molar-refractivity contribution is -0.134. The molecule has 0 bridgehead atoms. The molecular weight excluding hydrogens is 332 g/mol. The highest BCUT2D eigenvalue weighted by molar-refractivity contribution is 5.97. The van der Waals surface area contributed by atoms with E-state index in [1.807, 2.05) is 16.7 Å². The Morgan fingerprint density at radius 3 is 2.27 bits per heavy atom. The number of piperazine rings is 1. The summed E-state index contributed by atoms with van der Waals surface area (Å²) in [4.78, 5) is 40.3. The van der Waals surface area contributed by atoms with Crippen LogP contribution in [0.15, 0.2) is 0 Å². The van der Waals surface area contributed by atoms with Gasteiger partial charge in [0.2, 0.25) is 11.8 Å². The van der Waals surface area contributed by atoms with Crippen LogP contribution in [0.3, 0.4) is 0 Å². The molecule has 4 amide bonds. The van der Waals surface area contributed by atoms with Crippen molar-refractivity contribution in [2.24, 2.45) is 5.92 Å². The van der Waals surface area contributed by atoms with Gasteiger partial charge in [-0.2, -0.15) is 0 Å². The lowest BCUT2D eigenvalue weighted by atomic mass is 10.0. The van der Waals surface area contributed by atoms with Crippen molar-refractivity contribution in [2.75, 3.05) is 26.2 Å². The Morgan fingerprint density at radius 2 is 1.65 bits per heavy atom. The number of carbonyl (C=O) groups excluding carboxylic acids is 3. The van der Waals surface area contributed by atoms with E-state index >= 15 is 0 Å². The van der Waals surface area contributed by atoms with E-state index in [9.17, 15) is 14.4 Å². The molecule has 0 aromatic rings. The van der Waals surface area contributed by atoms with Crippen molar-refractivity contribution < 1.29 is 14.4 Å². The van der Waals surface area contributed by atoms with Crippen molar-refractivity contribution in [3.63, 3.8) is 0 Å². The topological polar surface area (TPSA) is 81.8 Å². The summed E-state index contributed by atoms with van der Waals surface area (Å²) in [6.45, 7) is 4.49. The largest absolute Gasteiger partial charge is 0.340 e. The van der Waals surface area contributed by atoms with E-state index in [1.165, 1.54) is 25.7 Å². The first-order chi connectivity index (χ1) is 12.5. The van der Waals surface area contributed by atoms with Crippen molar-refractivity contribution in [2.45, 2.75) is 70.4 Å². The summed E-state index contributed by atoms with van der Waals surface area (Å²) in [5.41, 5.74) is 0. The molecule has 1 saturated heterocycles. The second kappa shape index (κ2) is 8.84. The summed E-state index contributed by atoms with van der Waals surface area (Å²) in [6, 6.07) is -0.530. The smallest absolute Gasteiger partial charge is 0.321 e. The predicted octanol–water partition coefficient (Wildman–Crippen LogP) is 1.48. The van der Waals surface area contributed by atoms with E-state index in [0.717, 1.165) is 25.2 Å². The average Bonchev–Trinajstić information content (AvgIpc) is 3.29. The van der Waals surface area contributed by atoms with Crippen LogP contribution in [-0.4, -0.2) is 65.9 Å². The minimum absolute atomic E-state index is 0.233. The molecule has 2 saturated carbocycles. The quantitative estimate of drug-likeness (QED) is 0.748. The average molecular weight is 364 g/mol. The second-order valence-electron chi connectivity index (χ2n) is 8.02. The fraction of sp³-hybridized carbons (Fsp3) is 0.842. The Bertz CT molecular complexity index is 521. The van der Waals surface area contributed by atoms with E-state index in [2.05, 4.69) is 10.6 Å². The first kappa shape index (κ1) is 19.1. The van der Waals surface area contributed by atoms with Gasteiger partial charge in [-0.25, -0.2) is 4.79 Å². The Hall–Kier alpha value is -1.63. The minimum atomic E-state index is -0.398. The predicted molar refractivity (Wildman–Crippen MR) is 98.5 cm³/mol. The van der Waals surface area contributed by atoms with Crippen LogP contribution in [0.5, 0.6) is 0 Å². The maximum Gasteiger partial charge on any atom is 0.321 e. The third-order valence-corrected chi connectivity index (χ3v) is 5.98. The van der Waals surface area contributed by atoms with Gasteiger partial charge in [0, 0.05) is 38.6 Å². The highest BCUT2D eigenvalue weighted by Crippen LogP contribution is 2.28. The molecule has 2 N–H and O–H groups in total. The van der Waals surface area contributed by atoms with E-state index < -0.39 is 6.03 Å². The summed E-state index contributed by atoms with van der Waals surface area (Å²) in [5.74, 6) is 0.715. The number of amides is 4. The third kappa shape index (κ3) is 5.43. The first-order valence-corrected chi connectivity index (χ1v) is 10.2. The van der Waals surface area contributed by atoms with Gasteiger partial charge in [-0.15, -0.1) is 0 Å². The Balaban J connectivity index is 1.35.